The Bertz CT molecular complexity index is 689. The van der Waals surface area contributed by atoms with Crippen LogP contribution in [0.1, 0.15) is 30.4 Å². The molecule has 0 aliphatic carbocycles. The fourth-order valence-electron chi connectivity index (χ4n) is 3.70. The van der Waals surface area contributed by atoms with Crippen LogP contribution >= 0.6 is 0 Å². The number of nitrogens with zero attached hydrogens (tertiary/aromatic N) is 1. The first-order valence-corrected chi connectivity index (χ1v) is 9.13. The molecule has 3 heteroatoms. The number of piperidine rings is 1. The van der Waals surface area contributed by atoms with E-state index in [2.05, 4.69) is 59.6 Å². The number of nitrogens with one attached hydrogen (secondary N) is 1. The molecule has 2 aromatic rings. The Morgan fingerprint density at radius 2 is 1.83 bits per heavy atom. The third kappa shape index (κ3) is 3.35. The maximum Gasteiger partial charge on any atom is 0.142 e. The van der Waals surface area contributed by atoms with Crippen LogP contribution < -0.4 is 15.0 Å². The van der Waals surface area contributed by atoms with Crippen molar-refractivity contribution in [3.8, 4) is 5.75 Å². The van der Waals surface area contributed by atoms with Crippen LogP contribution in [0.4, 0.5) is 11.4 Å². The summed E-state index contributed by atoms with van der Waals surface area (Å²) < 4.78 is 6.16. The molecule has 0 bridgehead atoms. The maximum absolute atomic E-state index is 6.16. The Balaban J connectivity index is 1.40. The summed E-state index contributed by atoms with van der Waals surface area (Å²) >= 11 is 0. The van der Waals surface area contributed by atoms with Gasteiger partial charge in [-0.1, -0.05) is 18.2 Å². The van der Waals surface area contributed by atoms with Crippen LogP contribution in [0.5, 0.6) is 5.75 Å². The summed E-state index contributed by atoms with van der Waals surface area (Å²) in [6, 6.07) is 15.4. The standard InChI is InChI=1S/C21H26N2O/c1-16-5-10-21-20(13-16)22-15-19(24-21)14-17-6-8-18(9-7-17)23-11-3-2-4-12-23/h5-10,13,19,22H,2-4,11-12,14-15H2,1H3. The monoisotopic (exact) mass is 322 g/mol. The number of hydrogen-bond donors (Lipinski definition) is 1. The van der Waals surface area contributed by atoms with Gasteiger partial charge in [0.05, 0.1) is 12.2 Å². The second kappa shape index (κ2) is 6.76. The molecule has 0 radical (unpaired) electrons. The number of aryl methyl sites for hydroxylation is 1. The molecule has 4 rings (SSSR count). The van der Waals surface area contributed by atoms with Crippen LogP contribution in [0.25, 0.3) is 0 Å². The van der Waals surface area contributed by atoms with E-state index in [-0.39, 0.29) is 6.10 Å². The molecule has 2 aliphatic heterocycles. The van der Waals surface area contributed by atoms with Crippen molar-refractivity contribution < 1.29 is 4.74 Å². The van der Waals surface area contributed by atoms with Crippen LogP contribution in [0.3, 0.4) is 0 Å². The highest BCUT2D eigenvalue weighted by Crippen LogP contribution is 2.30. The van der Waals surface area contributed by atoms with E-state index < -0.39 is 0 Å². The van der Waals surface area contributed by atoms with Crippen molar-refractivity contribution in [2.24, 2.45) is 0 Å². The van der Waals surface area contributed by atoms with Gasteiger partial charge in [-0.2, -0.15) is 0 Å². The van der Waals surface area contributed by atoms with Crippen LogP contribution in [-0.2, 0) is 6.42 Å². The molecular formula is C21H26N2O. The second-order valence-electron chi connectivity index (χ2n) is 7.04. The molecule has 1 saturated heterocycles. The van der Waals surface area contributed by atoms with E-state index in [0.29, 0.717) is 0 Å². The van der Waals surface area contributed by atoms with Crippen molar-refractivity contribution >= 4 is 11.4 Å². The minimum Gasteiger partial charge on any atom is -0.486 e. The lowest BCUT2D eigenvalue weighted by Gasteiger charge is -2.29. The first-order valence-electron chi connectivity index (χ1n) is 9.13. The molecule has 0 saturated carbocycles. The molecule has 1 fully saturated rings. The third-order valence-electron chi connectivity index (χ3n) is 5.07. The molecular weight excluding hydrogens is 296 g/mol. The largest absolute Gasteiger partial charge is 0.486 e. The molecule has 2 aromatic carbocycles. The van der Waals surface area contributed by atoms with Gasteiger partial charge >= 0.3 is 0 Å². The van der Waals surface area contributed by atoms with Gasteiger partial charge in [0, 0.05) is 25.2 Å². The maximum atomic E-state index is 6.16. The molecule has 24 heavy (non-hydrogen) atoms. The average Bonchev–Trinajstić information content (AvgIpc) is 2.63. The lowest BCUT2D eigenvalue weighted by molar-refractivity contribution is 0.206. The van der Waals surface area contributed by atoms with Crippen molar-refractivity contribution in [2.45, 2.75) is 38.7 Å². The predicted octanol–water partition coefficient (Wildman–Crippen LogP) is 4.40. The lowest BCUT2D eigenvalue weighted by Crippen LogP contribution is -2.32. The molecule has 3 nitrogen and oxygen atoms in total. The van der Waals surface area contributed by atoms with Crippen LogP contribution in [0.2, 0.25) is 0 Å². The summed E-state index contributed by atoms with van der Waals surface area (Å²) in [6.07, 6.45) is 5.16. The number of benzene rings is 2. The number of hydrogen-bond acceptors (Lipinski definition) is 3. The summed E-state index contributed by atoms with van der Waals surface area (Å²) in [5, 5.41) is 3.50. The normalized spacial score (nSPS) is 20.0. The molecule has 2 heterocycles. The smallest absolute Gasteiger partial charge is 0.142 e. The van der Waals surface area contributed by atoms with Gasteiger partial charge in [-0.15, -0.1) is 0 Å². The third-order valence-corrected chi connectivity index (χ3v) is 5.07. The molecule has 0 amide bonds. The highest BCUT2D eigenvalue weighted by molar-refractivity contribution is 5.59. The Morgan fingerprint density at radius 3 is 2.62 bits per heavy atom. The van der Waals surface area contributed by atoms with E-state index >= 15 is 0 Å². The summed E-state index contributed by atoms with van der Waals surface area (Å²) in [4.78, 5) is 2.50. The first-order chi connectivity index (χ1) is 11.8. The van der Waals surface area contributed by atoms with Gasteiger partial charge in [0.1, 0.15) is 11.9 Å². The number of fused-ring (bicyclic) bond motifs is 1. The van der Waals surface area contributed by atoms with Crippen molar-refractivity contribution in [1.29, 1.82) is 0 Å². The van der Waals surface area contributed by atoms with Crippen molar-refractivity contribution in [3.05, 3.63) is 53.6 Å². The quantitative estimate of drug-likeness (QED) is 0.906. The van der Waals surface area contributed by atoms with Crippen molar-refractivity contribution in [1.82, 2.24) is 0 Å². The average molecular weight is 322 g/mol. The number of rotatable bonds is 3. The van der Waals surface area contributed by atoms with E-state index in [1.807, 2.05) is 0 Å². The van der Waals surface area contributed by atoms with Crippen molar-refractivity contribution in [3.63, 3.8) is 0 Å². The van der Waals surface area contributed by atoms with E-state index in [4.69, 9.17) is 4.74 Å². The van der Waals surface area contributed by atoms with E-state index in [1.54, 1.807) is 0 Å². The van der Waals surface area contributed by atoms with Crippen LogP contribution in [0.15, 0.2) is 42.5 Å². The Hall–Kier alpha value is -2.16. The minimum absolute atomic E-state index is 0.195. The predicted molar refractivity (Wildman–Crippen MR) is 100 cm³/mol. The van der Waals surface area contributed by atoms with Crippen LogP contribution in [0, 0.1) is 6.92 Å². The zero-order chi connectivity index (χ0) is 16.4. The molecule has 0 spiro atoms. The highest BCUT2D eigenvalue weighted by Gasteiger charge is 2.19. The van der Waals surface area contributed by atoms with Gasteiger partial charge in [-0.25, -0.2) is 0 Å². The lowest BCUT2D eigenvalue weighted by atomic mass is 10.0. The van der Waals surface area contributed by atoms with Gasteiger partial charge in [-0.05, 0) is 61.6 Å². The van der Waals surface area contributed by atoms with Gasteiger partial charge in [0.2, 0.25) is 0 Å². The zero-order valence-corrected chi connectivity index (χ0v) is 14.4. The number of anilines is 2. The summed E-state index contributed by atoms with van der Waals surface area (Å²) in [7, 11) is 0. The molecule has 126 valence electrons. The van der Waals surface area contributed by atoms with E-state index in [1.165, 1.54) is 49.2 Å². The highest BCUT2D eigenvalue weighted by atomic mass is 16.5. The minimum atomic E-state index is 0.195. The van der Waals surface area contributed by atoms with Crippen molar-refractivity contribution in [2.75, 3.05) is 29.9 Å². The van der Waals surface area contributed by atoms with Gasteiger partial charge in [0.25, 0.3) is 0 Å². The molecule has 0 aromatic heterocycles. The molecule has 2 aliphatic rings. The van der Waals surface area contributed by atoms with Gasteiger partial charge in [0.15, 0.2) is 0 Å². The zero-order valence-electron chi connectivity index (χ0n) is 14.4. The molecule has 1 atom stereocenters. The fraction of sp³-hybridized carbons (Fsp3) is 0.429. The summed E-state index contributed by atoms with van der Waals surface area (Å²) in [5.41, 5.74) is 5.09. The Morgan fingerprint density at radius 1 is 1.04 bits per heavy atom. The van der Waals surface area contributed by atoms with Crippen LogP contribution in [-0.4, -0.2) is 25.7 Å². The topological polar surface area (TPSA) is 24.5 Å². The van der Waals surface area contributed by atoms with E-state index in [9.17, 15) is 0 Å². The Labute approximate surface area is 144 Å². The summed E-state index contributed by atoms with van der Waals surface area (Å²) in [6.45, 7) is 5.37. The van der Waals surface area contributed by atoms with Gasteiger partial charge in [-0.3, -0.25) is 0 Å². The SMILES string of the molecule is Cc1ccc2c(c1)NCC(Cc1ccc(N3CCCCC3)cc1)O2. The fourth-order valence-corrected chi connectivity index (χ4v) is 3.70. The van der Waals surface area contributed by atoms with Gasteiger partial charge < -0.3 is 15.0 Å². The molecule has 1 N–H and O–H groups in total. The Kier molecular flexibility index (Phi) is 4.33. The van der Waals surface area contributed by atoms with E-state index in [0.717, 1.165) is 24.4 Å². The number of ether oxygens (including phenoxy) is 1. The second-order valence-corrected chi connectivity index (χ2v) is 7.04. The summed E-state index contributed by atoms with van der Waals surface area (Å²) in [5.74, 6) is 0.974. The molecule has 1 unspecified atom stereocenters. The first kappa shape index (κ1) is 15.4.